The highest BCUT2D eigenvalue weighted by Gasteiger charge is 2.46. The van der Waals surface area contributed by atoms with Crippen LogP contribution in [0.15, 0.2) is 42.0 Å². The molecule has 0 fully saturated rings. The Bertz CT molecular complexity index is 1120. The smallest absolute Gasteiger partial charge is 0.272 e. The summed E-state index contributed by atoms with van der Waals surface area (Å²) >= 11 is 0. The molecule has 2 heterocycles. The zero-order valence-corrected chi connectivity index (χ0v) is 19.6. The van der Waals surface area contributed by atoms with Gasteiger partial charge in [-0.05, 0) is 56.7 Å². The van der Waals surface area contributed by atoms with Crippen LogP contribution in [0.5, 0.6) is 0 Å². The molecule has 0 saturated carbocycles. The van der Waals surface area contributed by atoms with Crippen LogP contribution in [0.2, 0.25) is 0 Å². The van der Waals surface area contributed by atoms with E-state index in [1.807, 2.05) is 0 Å². The normalized spacial score (nSPS) is 19.9. The van der Waals surface area contributed by atoms with E-state index in [1.165, 1.54) is 46.2 Å². The predicted octanol–water partition coefficient (Wildman–Crippen LogP) is 2.80. The number of rotatable bonds is 7. The van der Waals surface area contributed by atoms with Crippen LogP contribution in [0.4, 0.5) is 4.39 Å². The summed E-state index contributed by atoms with van der Waals surface area (Å²) < 4.78 is 14.5. The second-order valence-corrected chi connectivity index (χ2v) is 9.13. The fourth-order valence-corrected chi connectivity index (χ4v) is 4.37. The monoisotopic (exact) mass is 467 g/mol. The minimum atomic E-state index is -1.20. The number of carbonyl (C=O) groups is 3. The van der Waals surface area contributed by atoms with E-state index < -0.39 is 5.54 Å². The van der Waals surface area contributed by atoms with Gasteiger partial charge in [0.15, 0.2) is 5.69 Å². The lowest BCUT2D eigenvalue weighted by molar-refractivity contribution is -0.132. The third-order valence-electron chi connectivity index (χ3n) is 6.71. The Kier molecular flexibility index (Phi) is 6.81. The zero-order chi connectivity index (χ0) is 24.3. The molecule has 0 radical (unpaired) electrons. The topological polar surface area (TPSA) is 96.3 Å². The molecular weight excluding hydrogens is 437 g/mol. The number of hydrogen-bond acceptors (Lipinski definition) is 4. The first-order chi connectivity index (χ1) is 16.3. The number of halogens is 1. The first kappa shape index (κ1) is 23.7. The lowest BCUT2D eigenvalue weighted by atomic mass is 9.96. The lowest BCUT2D eigenvalue weighted by Gasteiger charge is -2.40. The largest absolute Gasteiger partial charge is 0.350 e. The number of likely N-dealkylation sites (N-methyl/N-ethyl adjacent to an activating group) is 1. The van der Waals surface area contributed by atoms with Crippen molar-refractivity contribution in [2.45, 2.75) is 57.7 Å². The first-order valence-electron chi connectivity index (χ1n) is 11.6. The van der Waals surface area contributed by atoms with Gasteiger partial charge in [0.2, 0.25) is 5.91 Å². The minimum Gasteiger partial charge on any atom is -0.350 e. The minimum absolute atomic E-state index is 0.111. The van der Waals surface area contributed by atoms with Gasteiger partial charge < -0.3 is 15.5 Å². The summed E-state index contributed by atoms with van der Waals surface area (Å²) in [5, 5.41) is 10.0. The molecule has 8 nitrogen and oxygen atoms in total. The summed E-state index contributed by atoms with van der Waals surface area (Å²) in [6, 6.07) is 7.32. The van der Waals surface area contributed by atoms with Crippen molar-refractivity contribution in [3.63, 3.8) is 0 Å². The van der Waals surface area contributed by atoms with Gasteiger partial charge in [-0.25, -0.2) is 4.39 Å². The van der Waals surface area contributed by atoms with E-state index in [9.17, 15) is 18.8 Å². The number of aromatic nitrogens is 2. The Hall–Kier alpha value is -3.49. The van der Waals surface area contributed by atoms with Crippen molar-refractivity contribution in [2.24, 2.45) is 0 Å². The number of benzene rings is 1. The maximum atomic E-state index is 13.1. The number of fused-ring (bicyclic) bond motifs is 1. The highest BCUT2D eigenvalue weighted by Crippen LogP contribution is 2.26. The number of nitrogens with zero attached hydrogens (tertiary/aromatic N) is 3. The Morgan fingerprint density at radius 3 is 2.65 bits per heavy atom. The molecule has 1 aliphatic carbocycles. The Morgan fingerprint density at radius 2 is 1.94 bits per heavy atom. The van der Waals surface area contributed by atoms with Gasteiger partial charge in [-0.15, -0.1) is 0 Å². The van der Waals surface area contributed by atoms with E-state index in [2.05, 4.69) is 21.8 Å². The Labute approximate surface area is 198 Å². The number of hydrogen-bond donors (Lipinski definition) is 2. The van der Waals surface area contributed by atoms with E-state index >= 15 is 0 Å². The van der Waals surface area contributed by atoms with Crippen LogP contribution >= 0.6 is 0 Å². The molecule has 0 unspecified atom stereocenters. The van der Waals surface area contributed by atoms with Crippen LogP contribution in [0.25, 0.3) is 0 Å². The van der Waals surface area contributed by atoms with Gasteiger partial charge in [0.1, 0.15) is 17.1 Å². The van der Waals surface area contributed by atoms with Gasteiger partial charge in [0, 0.05) is 26.2 Å². The van der Waals surface area contributed by atoms with Gasteiger partial charge in [0.05, 0.1) is 6.54 Å². The molecule has 2 aromatic rings. The molecule has 1 aromatic carbocycles. The molecule has 0 spiro atoms. The van der Waals surface area contributed by atoms with Crippen molar-refractivity contribution in [3.8, 4) is 0 Å². The zero-order valence-electron chi connectivity index (χ0n) is 19.6. The molecule has 0 saturated heterocycles. The van der Waals surface area contributed by atoms with Crippen LogP contribution in [0.1, 0.15) is 65.6 Å². The van der Waals surface area contributed by atoms with Crippen molar-refractivity contribution in [1.29, 1.82) is 0 Å². The molecule has 0 bridgehead atoms. The average molecular weight is 468 g/mol. The Morgan fingerprint density at radius 1 is 1.18 bits per heavy atom. The first-order valence-corrected chi connectivity index (χ1v) is 11.6. The average Bonchev–Trinajstić information content (AvgIpc) is 3.26. The second kappa shape index (κ2) is 9.79. The quantitative estimate of drug-likeness (QED) is 0.612. The predicted molar refractivity (Wildman–Crippen MR) is 124 cm³/mol. The fraction of sp³-hybridized carbons (Fsp3) is 0.440. The van der Waals surface area contributed by atoms with Crippen molar-refractivity contribution < 1.29 is 18.8 Å². The van der Waals surface area contributed by atoms with E-state index in [0.717, 1.165) is 24.8 Å². The van der Waals surface area contributed by atoms with Gasteiger partial charge in [0.25, 0.3) is 11.8 Å². The molecule has 180 valence electrons. The van der Waals surface area contributed by atoms with Crippen molar-refractivity contribution >= 4 is 17.7 Å². The lowest BCUT2D eigenvalue weighted by Crippen LogP contribution is -2.62. The van der Waals surface area contributed by atoms with Crippen LogP contribution in [-0.4, -0.2) is 51.5 Å². The van der Waals surface area contributed by atoms with Crippen LogP contribution < -0.4 is 10.6 Å². The molecule has 1 aliphatic heterocycles. The summed E-state index contributed by atoms with van der Waals surface area (Å²) in [4.78, 5) is 40.1. The van der Waals surface area contributed by atoms with Gasteiger partial charge in [-0.1, -0.05) is 23.8 Å². The maximum Gasteiger partial charge on any atom is 0.272 e. The van der Waals surface area contributed by atoms with Crippen molar-refractivity contribution in [3.05, 3.63) is 64.7 Å². The third-order valence-corrected chi connectivity index (χ3v) is 6.71. The van der Waals surface area contributed by atoms with Gasteiger partial charge in [-0.2, -0.15) is 5.10 Å². The summed E-state index contributed by atoms with van der Waals surface area (Å²) in [6.45, 7) is 2.49. The highest BCUT2D eigenvalue weighted by molar-refractivity contribution is 6.01. The molecule has 4 rings (SSSR count). The van der Waals surface area contributed by atoms with Crippen LogP contribution in [0, 0.1) is 5.82 Å². The third kappa shape index (κ3) is 4.88. The van der Waals surface area contributed by atoms with E-state index in [-0.39, 0.29) is 48.0 Å². The number of carbonyl (C=O) groups excluding carboxylic acids is 3. The van der Waals surface area contributed by atoms with E-state index in [1.54, 1.807) is 26.1 Å². The highest BCUT2D eigenvalue weighted by atomic mass is 19.1. The summed E-state index contributed by atoms with van der Waals surface area (Å²) in [5.41, 5.74) is 1.34. The van der Waals surface area contributed by atoms with E-state index in [4.69, 9.17) is 0 Å². The molecule has 1 aromatic heterocycles. The van der Waals surface area contributed by atoms with Crippen LogP contribution in [-0.2, 0) is 17.9 Å². The Balaban J connectivity index is 1.41. The molecular formula is C25H30FN5O3. The maximum absolute atomic E-state index is 13.1. The molecule has 34 heavy (non-hydrogen) atoms. The molecule has 3 amide bonds. The molecule has 2 aliphatic rings. The molecule has 9 heteroatoms. The van der Waals surface area contributed by atoms with Gasteiger partial charge >= 0.3 is 0 Å². The van der Waals surface area contributed by atoms with Crippen LogP contribution in [0.3, 0.4) is 0 Å². The number of allylic oxidation sites excluding steroid dienone is 1. The summed E-state index contributed by atoms with van der Waals surface area (Å²) in [7, 11) is 1.56. The van der Waals surface area contributed by atoms with Gasteiger partial charge in [-0.3, -0.25) is 19.1 Å². The summed E-state index contributed by atoms with van der Waals surface area (Å²) in [6.07, 6.45) is 7.66. The number of amides is 3. The SMILES string of the molecule is CN1C(=O)c2cc(C(=O)NCCC3=CCCCC3)nn2C[C@@]1(C)C(=O)NCc1ccc(F)cc1. The van der Waals surface area contributed by atoms with Crippen molar-refractivity contribution in [2.75, 3.05) is 13.6 Å². The summed E-state index contributed by atoms with van der Waals surface area (Å²) in [5.74, 6) is -1.43. The van der Waals surface area contributed by atoms with Crippen molar-refractivity contribution in [1.82, 2.24) is 25.3 Å². The van der Waals surface area contributed by atoms with E-state index in [0.29, 0.717) is 6.54 Å². The standard InChI is InChI=1S/C25H30FN5O3/c1-25(24(34)28-15-18-8-10-19(26)11-9-18)16-31-21(23(33)30(25)2)14-20(29-31)22(32)27-13-12-17-6-4-3-5-7-17/h6,8-11,14H,3-5,7,12-13,15-16H2,1-2H3,(H,27,32)(H,28,34)/t25-/m0/s1. The second-order valence-electron chi connectivity index (χ2n) is 9.13. The number of nitrogens with one attached hydrogen (secondary N) is 2. The molecule has 1 atom stereocenters. The fourth-order valence-electron chi connectivity index (χ4n) is 4.37. The molecule has 2 N–H and O–H groups in total.